The monoisotopic (exact) mass is 427 g/mol. The second-order valence-electron chi connectivity index (χ2n) is 7.57. The van der Waals surface area contributed by atoms with Gasteiger partial charge in [-0.2, -0.15) is 5.26 Å². The van der Waals surface area contributed by atoms with Crippen molar-refractivity contribution in [2.75, 3.05) is 23.0 Å². The summed E-state index contributed by atoms with van der Waals surface area (Å²) in [5.41, 5.74) is 11.8. The van der Waals surface area contributed by atoms with Gasteiger partial charge in [0.15, 0.2) is 0 Å². The van der Waals surface area contributed by atoms with Crippen LogP contribution in [0.5, 0.6) is 0 Å². The SMILES string of the molecule is N#CC1=C(N)N(c2ccccc2)C2=C(C(=O)OC2)C12C(=O)N(CC(N)=O)c1ccccc12. The van der Waals surface area contributed by atoms with E-state index in [-0.39, 0.29) is 23.6 Å². The molecule has 1 atom stereocenters. The van der Waals surface area contributed by atoms with Crippen molar-refractivity contribution < 1.29 is 19.1 Å². The molecule has 0 bridgehead atoms. The Morgan fingerprint density at radius 2 is 1.81 bits per heavy atom. The lowest BCUT2D eigenvalue weighted by atomic mass is 9.67. The van der Waals surface area contributed by atoms with Crippen LogP contribution in [0.3, 0.4) is 0 Å². The first-order valence-electron chi connectivity index (χ1n) is 9.79. The van der Waals surface area contributed by atoms with Gasteiger partial charge in [-0.25, -0.2) is 4.79 Å². The molecule has 4 N–H and O–H groups in total. The highest BCUT2D eigenvalue weighted by Crippen LogP contribution is 2.56. The van der Waals surface area contributed by atoms with Gasteiger partial charge in [0.25, 0.3) is 0 Å². The minimum Gasteiger partial charge on any atom is -0.456 e. The summed E-state index contributed by atoms with van der Waals surface area (Å²) in [6, 6.07) is 17.7. The molecule has 3 heterocycles. The van der Waals surface area contributed by atoms with E-state index in [1.54, 1.807) is 53.4 Å². The fourth-order valence-corrected chi connectivity index (χ4v) is 4.78. The molecule has 1 unspecified atom stereocenters. The normalized spacial score (nSPS) is 21.6. The van der Waals surface area contributed by atoms with Gasteiger partial charge in [0.05, 0.1) is 16.8 Å². The number of nitrogens with two attached hydrogens (primary N) is 2. The highest BCUT2D eigenvalue weighted by atomic mass is 16.5. The molecule has 0 fully saturated rings. The maximum atomic E-state index is 13.9. The standard InChI is InChI=1S/C23H17N5O4/c24-10-15-20(26)28(13-6-2-1-3-7-13)17-12-32-21(30)19(17)23(15)14-8-4-5-9-16(14)27(22(23)31)11-18(25)29/h1-9H,11-12,26H2,(H2,25,29). The number of rotatable bonds is 3. The van der Waals surface area contributed by atoms with Crippen LogP contribution in [0.25, 0.3) is 0 Å². The molecule has 3 aliphatic rings. The zero-order chi connectivity index (χ0) is 22.6. The van der Waals surface area contributed by atoms with Crippen molar-refractivity contribution in [3.05, 3.63) is 82.8 Å². The summed E-state index contributed by atoms with van der Waals surface area (Å²) in [5.74, 6) is -2.08. The molecule has 0 saturated heterocycles. The Hall–Kier alpha value is -4.58. The number of anilines is 2. The fourth-order valence-electron chi connectivity index (χ4n) is 4.78. The van der Waals surface area contributed by atoms with Crippen molar-refractivity contribution >= 4 is 29.2 Å². The van der Waals surface area contributed by atoms with E-state index in [4.69, 9.17) is 16.2 Å². The van der Waals surface area contributed by atoms with E-state index < -0.39 is 29.7 Å². The van der Waals surface area contributed by atoms with Crippen molar-refractivity contribution in [1.82, 2.24) is 0 Å². The lowest BCUT2D eigenvalue weighted by Gasteiger charge is -2.38. The van der Waals surface area contributed by atoms with E-state index in [1.807, 2.05) is 6.07 Å². The average Bonchev–Trinajstić information content (AvgIpc) is 3.27. The van der Waals surface area contributed by atoms with E-state index >= 15 is 0 Å². The van der Waals surface area contributed by atoms with Crippen LogP contribution in [0, 0.1) is 11.3 Å². The van der Waals surface area contributed by atoms with Crippen LogP contribution in [0.4, 0.5) is 11.4 Å². The Morgan fingerprint density at radius 3 is 2.50 bits per heavy atom. The van der Waals surface area contributed by atoms with Gasteiger partial charge in [0.1, 0.15) is 30.5 Å². The van der Waals surface area contributed by atoms with Crippen molar-refractivity contribution in [3.63, 3.8) is 0 Å². The number of carbonyl (C=O) groups excluding carboxylic acids is 3. The minimum atomic E-state index is -1.82. The molecule has 2 aromatic carbocycles. The second-order valence-corrected chi connectivity index (χ2v) is 7.57. The number of fused-ring (bicyclic) bond motifs is 3. The summed E-state index contributed by atoms with van der Waals surface area (Å²) in [6.07, 6.45) is 0. The largest absolute Gasteiger partial charge is 0.456 e. The van der Waals surface area contributed by atoms with Crippen molar-refractivity contribution in [2.24, 2.45) is 11.5 Å². The summed E-state index contributed by atoms with van der Waals surface area (Å²) >= 11 is 0. The van der Waals surface area contributed by atoms with Gasteiger partial charge >= 0.3 is 5.97 Å². The van der Waals surface area contributed by atoms with Crippen molar-refractivity contribution in [1.29, 1.82) is 5.26 Å². The van der Waals surface area contributed by atoms with E-state index in [9.17, 15) is 19.6 Å². The van der Waals surface area contributed by atoms with Gasteiger partial charge in [0.2, 0.25) is 11.8 Å². The molecule has 0 aliphatic carbocycles. The van der Waals surface area contributed by atoms with Crippen LogP contribution in [-0.4, -0.2) is 30.9 Å². The third-order valence-corrected chi connectivity index (χ3v) is 5.95. The van der Waals surface area contributed by atoms with Crippen molar-refractivity contribution in [2.45, 2.75) is 5.41 Å². The van der Waals surface area contributed by atoms with Crippen LogP contribution in [0.2, 0.25) is 0 Å². The summed E-state index contributed by atoms with van der Waals surface area (Å²) in [5, 5.41) is 10.2. The van der Waals surface area contributed by atoms with Gasteiger partial charge in [-0.3, -0.25) is 14.5 Å². The molecular weight excluding hydrogens is 410 g/mol. The lowest BCUT2D eigenvalue weighted by molar-refractivity contribution is -0.137. The zero-order valence-electron chi connectivity index (χ0n) is 16.7. The fraction of sp³-hybridized carbons (Fsp3) is 0.130. The molecule has 3 aliphatic heterocycles. The minimum absolute atomic E-state index is 0.0137. The van der Waals surface area contributed by atoms with E-state index in [2.05, 4.69) is 6.07 Å². The number of carbonyl (C=O) groups is 3. The molecule has 2 aromatic rings. The van der Waals surface area contributed by atoms with E-state index in [0.717, 1.165) is 0 Å². The van der Waals surface area contributed by atoms with Crippen LogP contribution in [0.15, 0.2) is 77.3 Å². The maximum absolute atomic E-state index is 13.9. The Bertz CT molecular complexity index is 1310. The quantitative estimate of drug-likeness (QED) is 0.689. The molecule has 0 radical (unpaired) electrons. The Balaban J connectivity index is 1.86. The van der Waals surface area contributed by atoms with Crippen LogP contribution in [0.1, 0.15) is 5.56 Å². The van der Waals surface area contributed by atoms with Gasteiger partial charge in [-0.1, -0.05) is 36.4 Å². The van der Waals surface area contributed by atoms with Crippen LogP contribution >= 0.6 is 0 Å². The topological polar surface area (TPSA) is 143 Å². The number of amides is 2. The molecule has 0 saturated carbocycles. The molecule has 9 heteroatoms. The molecule has 9 nitrogen and oxygen atoms in total. The summed E-state index contributed by atoms with van der Waals surface area (Å²) in [4.78, 5) is 41.5. The highest BCUT2D eigenvalue weighted by molar-refractivity contribution is 6.21. The molecule has 1 spiro atoms. The zero-order valence-corrected chi connectivity index (χ0v) is 16.7. The first kappa shape index (κ1) is 19.4. The van der Waals surface area contributed by atoms with Gasteiger partial charge in [-0.15, -0.1) is 0 Å². The molecule has 0 aromatic heterocycles. The van der Waals surface area contributed by atoms with Gasteiger partial charge in [0, 0.05) is 16.9 Å². The number of nitrogens with zero attached hydrogens (tertiary/aromatic N) is 3. The first-order valence-corrected chi connectivity index (χ1v) is 9.79. The van der Waals surface area contributed by atoms with Gasteiger partial charge in [-0.05, 0) is 18.2 Å². The maximum Gasteiger partial charge on any atom is 0.338 e. The summed E-state index contributed by atoms with van der Waals surface area (Å²) in [6.45, 7) is -0.522. The number of para-hydroxylation sites is 2. The third-order valence-electron chi connectivity index (χ3n) is 5.95. The van der Waals surface area contributed by atoms with Crippen LogP contribution in [-0.2, 0) is 24.5 Å². The first-order chi connectivity index (χ1) is 15.4. The Labute approximate surface area is 182 Å². The number of nitriles is 1. The Morgan fingerprint density at radius 1 is 1.12 bits per heavy atom. The van der Waals surface area contributed by atoms with E-state index in [1.165, 1.54) is 4.90 Å². The van der Waals surface area contributed by atoms with E-state index in [0.29, 0.717) is 22.6 Å². The number of cyclic esters (lactones) is 1. The summed E-state index contributed by atoms with van der Waals surface area (Å²) in [7, 11) is 0. The average molecular weight is 427 g/mol. The molecule has 2 amide bonds. The molecule has 158 valence electrons. The highest BCUT2D eigenvalue weighted by Gasteiger charge is 2.64. The van der Waals surface area contributed by atoms with Crippen molar-refractivity contribution in [3.8, 4) is 6.07 Å². The third kappa shape index (κ3) is 2.29. The molecule has 32 heavy (non-hydrogen) atoms. The number of primary amides is 1. The number of benzene rings is 2. The second kappa shape index (κ2) is 6.72. The Kier molecular flexibility index (Phi) is 4.07. The smallest absolute Gasteiger partial charge is 0.338 e. The number of hydrogen-bond acceptors (Lipinski definition) is 7. The number of ether oxygens (including phenoxy) is 1. The molecular formula is C23H17N5O4. The predicted octanol–water partition coefficient (Wildman–Crippen LogP) is 0.781. The number of hydrogen-bond donors (Lipinski definition) is 2. The summed E-state index contributed by atoms with van der Waals surface area (Å²) < 4.78 is 5.35. The predicted molar refractivity (Wildman–Crippen MR) is 113 cm³/mol. The number of esters is 1. The van der Waals surface area contributed by atoms with Gasteiger partial charge < -0.3 is 21.1 Å². The molecule has 5 rings (SSSR count). The lowest BCUT2D eigenvalue weighted by Crippen LogP contribution is -2.51. The van der Waals surface area contributed by atoms with Crippen LogP contribution < -0.4 is 21.3 Å².